The number of alkyl halides is 3. The molecule has 0 atom stereocenters. The average Bonchev–Trinajstić information content (AvgIpc) is 2.91. The second-order valence-electron chi connectivity index (χ2n) is 6.47. The monoisotopic (exact) mass is 456 g/mol. The van der Waals surface area contributed by atoms with E-state index in [-0.39, 0.29) is 23.6 Å². The van der Waals surface area contributed by atoms with Crippen LogP contribution in [0.2, 0.25) is 0 Å². The van der Waals surface area contributed by atoms with Crippen molar-refractivity contribution in [3.8, 4) is 11.6 Å². The molecule has 3 aromatic rings. The summed E-state index contributed by atoms with van der Waals surface area (Å²) in [4.78, 5) is 26.9. The van der Waals surface area contributed by atoms with Crippen molar-refractivity contribution in [3.05, 3.63) is 70.0 Å². The maximum absolute atomic E-state index is 12.8. The lowest BCUT2D eigenvalue weighted by Gasteiger charge is -2.09. The molecule has 0 radical (unpaired) electrons. The van der Waals surface area contributed by atoms with Crippen LogP contribution in [0, 0.1) is 6.92 Å². The van der Waals surface area contributed by atoms with Gasteiger partial charge in [-0.2, -0.15) is 13.2 Å². The Morgan fingerprint density at radius 1 is 1.19 bits per heavy atom. The molecule has 13 heteroatoms. The average molecular weight is 456 g/mol. The van der Waals surface area contributed by atoms with Gasteiger partial charge in [-0.1, -0.05) is 0 Å². The molecule has 0 saturated heterocycles. The van der Waals surface area contributed by atoms with E-state index >= 15 is 0 Å². The fourth-order valence-corrected chi connectivity index (χ4v) is 3.62. The van der Waals surface area contributed by atoms with E-state index in [1.165, 1.54) is 25.3 Å². The van der Waals surface area contributed by atoms with Crippen LogP contribution >= 0.6 is 0 Å². The molecule has 0 fully saturated rings. The highest BCUT2D eigenvalue weighted by Crippen LogP contribution is 2.31. The molecule has 2 heterocycles. The Morgan fingerprint density at radius 3 is 2.35 bits per heavy atom. The summed E-state index contributed by atoms with van der Waals surface area (Å²) in [5.74, 6) is -1.25. The summed E-state index contributed by atoms with van der Waals surface area (Å²) >= 11 is 0. The normalized spacial score (nSPS) is 12.1. The number of hydrogen-bond acceptors (Lipinski definition) is 6. The molecule has 0 unspecified atom stereocenters. The van der Waals surface area contributed by atoms with E-state index in [0.29, 0.717) is 17.7 Å². The molecule has 31 heavy (non-hydrogen) atoms. The first-order chi connectivity index (χ1) is 14.3. The summed E-state index contributed by atoms with van der Waals surface area (Å²) in [5, 5.41) is 10.4. The SMILES string of the molecule is Cc1c(O)n(-c2ccc(S(=O)(=O)C(F)(F)F)cc2)c(=O)n1Cc1ccnc(C(N)=O)c1. The Kier molecular flexibility index (Phi) is 5.40. The molecule has 1 aromatic carbocycles. The van der Waals surface area contributed by atoms with Crippen LogP contribution in [0.15, 0.2) is 52.3 Å². The van der Waals surface area contributed by atoms with Crippen molar-refractivity contribution in [2.24, 2.45) is 5.73 Å². The van der Waals surface area contributed by atoms with Crippen LogP contribution in [0.3, 0.4) is 0 Å². The van der Waals surface area contributed by atoms with Crippen molar-refractivity contribution in [3.63, 3.8) is 0 Å². The first kappa shape index (κ1) is 22.1. The molecule has 3 N–H and O–H groups in total. The molecule has 9 nitrogen and oxygen atoms in total. The van der Waals surface area contributed by atoms with E-state index in [9.17, 15) is 36.3 Å². The number of amides is 1. The van der Waals surface area contributed by atoms with E-state index in [2.05, 4.69) is 4.98 Å². The number of carbonyl (C=O) groups excluding carboxylic acids is 1. The van der Waals surface area contributed by atoms with Crippen LogP contribution in [0.5, 0.6) is 5.88 Å². The van der Waals surface area contributed by atoms with Gasteiger partial charge >= 0.3 is 11.2 Å². The zero-order valence-electron chi connectivity index (χ0n) is 15.8. The summed E-state index contributed by atoms with van der Waals surface area (Å²) < 4.78 is 63.0. The number of sulfone groups is 1. The van der Waals surface area contributed by atoms with E-state index in [4.69, 9.17) is 5.73 Å². The van der Waals surface area contributed by atoms with Gasteiger partial charge in [0.2, 0.25) is 5.88 Å². The molecule has 0 aliphatic heterocycles. The number of carbonyl (C=O) groups is 1. The molecule has 0 aliphatic carbocycles. The third kappa shape index (κ3) is 3.91. The fourth-order valence-electron chi connectivity index (χ4n) is 2.85. The van der Waals surface area contributed by atoms with Crippen molar-refractivity contribution in [2.45, 2.75) is 23.9 Å². The highest BCUT2D eigenvalue weighted by molar-refractivity contribution is 7.92. The molecular weight excluding hydrogens is 441 g/mol. The molecular formula is C18H15F3N4O5S. The summed E-state index contributed by atoms with van der Waals surface area (Å²) in [5.41, 5.74) is -0.471. The number of pyridine rings is 1. The second-order valence-corrected chi connectivity index (χ2v) is 8.41. The second kappa shape index (κ2) is 7.58. The number of halogens is 3. The molecule has 2 aromatic heterocycles. The number of nitrogens with two attached hydrogens (primary N) is 1. The van der Waals surface area contributed by atoms with Gasteiger partial charge in [-0.3, -0.25) is 14.3 Å². The summed E-state index contributed by atoms with van der Waals surface area (Å²) in [7, 11) is -5.55. The van der Waals surface area contributed by atoms with Crippen LogP contribution in [0.1, 0.15) is 21.7 Å². The predicted molar refractivity (Wildman–Crippen MR) is 102 cm³/mol. The van der Waals surface area contributed by atoms with Gasteiger partial charge in [0.25, 0.3) is 15.7 Å². The molecule has 164 valence electrons. The van der Waals surface area contributed by atoms with Crippen LogP contribution < -0.4 is 11.4 Å². The highest BCUT2D eigenvalue weighted by atomic mass is 32.2. The van der Waals surface area contributed by atoms with Gasteiger partial charge in [0, 0.05) is 6.20 Å². The van der Waals surface area contributed by atoms with Crippen molar-refractivity contribution in [2.75, 3.05) is 0 Å². The number of aromatic hydroxyl groups is 1. The summed E-state index contributed by atoms with van der Waals surface area (Å²) in [6, 6.07) is 6.24. The molecule has 0 aliphatic rings. The van der Waals surface area contributed by atoms with E-state index < -0.39 is 37.7 Å². The lowest BCUT2D eigenvalue weighted by Crippen LogP contribution is -2.25. The van der Waals surface area contributed by atoms with Crippen molar-refractivity contribution < 1.29 is 31.5 Å². The number of aromatic nitrogens is 3. The smallest absolute Gasteiger partial charge is 0.493 e. The van der Waals surface area contributed by atoms with Crippen LogP contribution in [0.25, 0.3) is 5.69 Å². The third-order valence-corrected chi connectivity index (χ3v) is 5.99. The van der Waals surface area contributed by atoms with Gasteiger partial charge in [0.1, 0.15) is 5.69 Å². The number of benzene rings is 1. The minimum Gasteiger partial charge on any atom is -0.493 e. The van der Waals surface area contributed by atoms with Gasteiger partial charge in [0.15, 0.2) is 0 Å². The number of nitrogens with zero attached hydrogens (tertiary/aromatic N) is 3. The fraction of sp³-hybridized carbons (Fsp3) is 0.167. The summed E-state index contributed by atoms with van der Waals surface area (Å²) in [6.07, 6.45) is 1.33. The minimum absolute atomic E-state index is 0.0201. The van der Waals surface area contributed by atoms with Crippen LogP contribution in [0.4, 0.5) is 13.2 Å². The minimum atomic E-state index is -5.55. The van der Waals surface area contributed by atoms with Crippen LogP contribution in [-0.2, 0) is 16.4 Å². The summed E-state index contributed by atoms with van der Waals surface area (Å²) in [6.45, 7) is 1.38. The maximum atomic E-state index is 12.8. The standard InChI is InChI=1S/C18H15F3N4O5S/c1-10-16(27)25(12-2-4-13(5-3-12)31(29,30)18(19,20)21)17(28)24(10)9-11-6-7-23-14(8-11)15(22)26/h2-8,27H,9H2,1H3,(H2,22,26). The van der Waals surface area contributed by atoms with Gasteiger partial charge < -0.3 is 10.8 Å². The Labute approximate surface area is 173 Å². The van der Waals surface area contributed by atoms with E-state index in [0.717, 1.165) is 21.3 Å². The highest BCUT2D eigenvalue weighted by Gasteiger charge is 2.46. The lowest BCUT2D eigenvalue weighted by atomic mass is 10.2. The lowest BCUT2D eigenvalue weighted by molar-refractivity contribution is -0.0436. The Hall–Kier alpha value is -3.61. The molecule has 0 bridgehead atoms. The Morgan fingerprint density at radius 2 is 1.81 bits per heavy atom. The van der Waals surface area contributed by atoms with Gasteiger partial charge in [0.05, 0.1) is 22.8 Å². The molecule has 0 spiro atoms. The zero-order chi connectivity index (χ0) is 23.1. The first-order valence-corrected chi connectivity index (χ1v) is 10.0. The Bertz CT molecular complexity index is 1330. The van der Waals surface area contributed by atoms with E-state index in [1.807, 2.05) is 0 Å². The molecule has 0 saturated carbocycles. The third-order valence-electron chi connectivity index (χ3n) is 4.49. The number of primary amides is 1. The zero-order valence-corrected chi connectivity index (χ0v) is 16.6. The van der Waals surface area contributed by atoms with Gasteiger partial charge in [-0.05, 0) is 48.9 Å². The van der Waals surface area contributed by atoms with Crippen molar-refractivity contribution in [1.29, 1.82) is 0 Å². The van der Waals surface area contributed by atoms with Crippen molar-refractivity contribution in [1.82, 2.24) is 14.1 Å². The Balaban J connectivity index is 2.02. The topological polar surface area (TPSA) is 137 Å². The van der Waals surface area contributed by atoms with Gasteiger partial charge in [-0.15, -0.1) is 0 Å². The van der Waals surface area contributed by atoms with Crippen molar-refractivity contribution >= 4 is 15.7 Å². The first-order valence-electron chi connectivity index (χ1n) is 8.52. The van der Waals surface area contributed by atoms with Gasteiger partial charge in [-0.25, -0.2) is 17.8 Å². The predicted octanol–water partition coefficient (Wildman–Crippen LogP) is 1.49. The molecule has 3 rings (SSSR count). The largest absolute Gasteiger partial charge is 0.501 e. The molecule has 1 amide bonds. The number of hydrogen-bond donors (Lipinski definition) is 2. The number of rotatable bonds is 5. The quantitative estimate of drug-likeness (QED) is 0.597. The van der Waals surface area contributed by atoms with Crippen LogP contribution in [-0.4, -0.2) is 39.1 Å². The maximum Gasteiger partial charge on any atom is 0.501 e. The number of imidazole rings is 1. The van der Waals surface area contributed by atoms with E-state index in [1.54, 1.807) is 0 Å².